The van der Waals surface area contributed by atoms with Crippen LogP contribution in [0.2, 0.25) is 0 Å². The molecule has 0 aromatic carbocycles. The van der Waals surface area contributed by atoms with Crippen LogP contribution >= 0.6 is 0 Å². The summed E-state index contributed by atoms with van der Waals surface area (Å²) in [5, 5.41) is 10.2. The molecule has 0 radical (unpaired) electrons. The zero-order valence-corrected chi connectivity index (χ0v) is 8.76. The van der Waals surface area contributed by atoms with Gasteiger partial charge in [0.05, 0.1) is 5.60 Å². The fraction of sp³-hybridized carbons (Fsp3) is 1.00. The van der Waals surface area contributed by atoms with Gasteiger partial charge in [-0.3, -0.25) is 0 Å². The molecule has 1 rings (SSSR count). The molecule has 0 bridgehead atoms. The van der Waals surface area contributed by atoms with E-state index in [4.69, 9.17) is 5.73 Å². The summed E-state index contributed by atoms with van der Waals surface area (Å²) in [5.41, 5.74) is 5.43. The van der Waals surface area contributed by atoms with Gasteiger partial charge in [0.25, 0.3) is 0 Å². The van der Waals surface area contributed by atoms with Crippen molar-refractivity contribution in [2.45, 2.75) is 69.9 Å². The minimum atomic E-state index is -0.424. The average molecular weight is 185 g/mol. The summed E-state index contributed by atoms with van der Waals surface area (Å²) in [7, 11) is 0. The summed E-state index contributed by atoms with van der Waals surface area (Å²) in [6.07, 6.45) is 8.54. The Hall–Kier alpha value is -0.0800. The van der Waals surface area contributed by atoms with E-state index in [9.17, 15) is 5.11 Å². The van der Waals surface area contributed by atoms with Gasteiger partial charge in [-0.15, -0.1) is 0 Å². The second kappa shape index (κ2) is 4.97. The van der Waals surface area contributed by atoms with Crippen molar-refractivity contribution >= 4 is 0 Å². The van der Waals surface area contributed by atoms with Crippen LogP contribution in [-0.4, -0.2) is 16.7 Å². The molecule has 1 aliphatic carbocycles. The second-order valence-electron chi connectivity index (χ2n) is 4.54. The fourth-order valence-electron chi connectivity index (χ4n) is 2.32. The van der Waals surface area contributed by atoms with Crippen molar-refractivity contribution < 1.29 is 5.11 Å². The highest BCUT2D eigenvalue weighted by atomic mass is 16.3. The van der Waals surface area contributed by atoms with Crippen LogP contribution < -0.4 is 5.73 Å². The number of aliphatic hydroxyl groups is 1. The molecule has 0 heterocycles. The smallest absolute Gasteiger partial charge is 0.0662 e. The largest absolute Gasteiger partial charge is 0.390 e. The Morgan fingerprint density at radius 3 is 2.85 bits per heavy atom. The predicted octanol–water partition coefficient (Wildman–Crippen LogP) is 2.20. The van der Waals surface area contributed by atoms with Crippen LogP contribution in [0, 0.1) is 0 Å². The van der Waals surface area contributed by atoms with E-state index in [1.807, 2.05) is 0 Å². The Kier molecular flexibility index (Phi) is 4.20. The van der Waals surface area contributed by atoms with Crippen molar-refractivity contribution in [2.75, 3.05) is 0 Å². The number of rotatable bonds is 4. The lowest BCUT2D eigenvalue weighted by molar-refractivity contribution is -0.0118. The molecule has 13 heavy (non-hydrogen) atoms. The highest BCUT2D eigenvalue weighted by Gasteiger charge is 2.31. The Morgan fingerprint density at radius 1 is 1.46 bits per heavy atom. The summed E-state index contributed by atoms with van der Waals surface area (Å²) >= 11 is 0. The maximum Gasteiger partial charge on any atom is 0.0662 e. The van der Waals surface area contributed by atoms with E-state index < -0.39 is 5.60 Å². The molecule has 1 saturated carbocycles. The Bertz CT molecular complexity index is 149. The summed E-state index contributed by atoms with van der Waals surface area (Å²) < 4.78 is 0. The van der Waals surface area contributed by atoms with Gasteiger partial charge in [-0.05, 0) is 32.1 Å². The zero-order chi connectivity index (χ0) is 9.73. The molecule has 2 unspecified atom stereocenters. The number of hydrogen-bond acceptors (Lipinski definition) is 2. The lowest BCUT2D eigenvalue weighted by Gasteiger charge is -2.35. The molecule has 0 aliphatic heterocycles. The van der Waals surface area contributed by atoms with Gasteiger partial charge in [0.15, 0.2) is 0 Å². The number of hydrogen-bond donors (Lipinski definition) is 2. The second-order valence-corrected chi connectivity index (χ2v) is 4.54. The van der Waals surface area contributed by atoms with Crippen molar-refractivity contribution in [3.05, 3.63) is 0 Å². The van der Waals surface area contributed by atoms with E-state index in [2.05, 4.69) is 6.92 Å². The minimum Gasteiger partial charge on any atom is -0.390 e. The van der Waals surface area contributed by atoms with Crippen LogP contribution in [0.3, 0.4) is 0 Å². The van der Waals surface area contributed by atoms with Gasteiger partial charge in [-0.1, -0.05) is 26.2 Å². The van der Waals surface area contributed by atoms with Gasteiger partial charge < -0.3 is 10.8 Å². The normalized spacial score (nSPS) is 34.8. The monoisotopic (exact) mass is 185 g/mol. The Labute approximate surface area is 81.5 Å². The maximum absolute atomic E-state index is 10.2. The third kappa shape index (κ3) is 3.65. The quantitative estimate of drug-likeness (QED) is 0.660. The molecule has 2 nitrogen and oxygen atoms in total. The first kappa shape index (κ1) is 11.0. The minimum absolute atomic E-state index is 0.236. The molecule has 3 N–H and O–H groups in total. The molecule has 0 aromatic heterocycles. The standard InChI is InChI=1S/C11H23NO/c1-2-3-4-7-11(13)8-5-6-10(12)9-11/h10,13H,2-9,12H2,1H3. The van der Waals surface area contributed by atoms with Crippen molar-refractivity contribution in [1.29, 1.82) is 0 Å². The van der Waals surface area contributed by atoms with Crippen molar-refractivity contribution in [3.8, 4) is 0 Å². The van der Waals surface area contributed by atoms with Crippen molar-refractivity contribution in [1.82, 2.24) is 0 Å². The number of unbranched alkanes of at least 4 members (excludes halogenated alkanes) is 2. The Balaban J connectivity index is 2.27. The van der Waals surface area contributed by atoms with Gasteiger partial charge in [0.2, 0.25) is 0 Å². The lowest BCUT2D eigenvalue weighted by atomic mass is 9.79. The average Bonchev–Trinajstić information content (AvgIpc) is 2.04. The van der Waals surface area contributed by atoms with Crippen LogP contribution in [0.25, 0.3) is 0 Å². The Morgan fingerprint density at radius 2 is 2.23 bits per heavy atom. The third-order valence-corrected chi connectivity index (χ3v) is 3.10. The van der Waals surface area contributed by atoms with Gasteiger partial charge in [-0.25, -0.2) is 0 Å². The molecule has 0 aromatic rings. The fourth-order valence-corrected chi connectivity index (χ4v) is 2.32. The van der Waals surface area contributed by atoms with Gasteiger partial charge in [0, 0.05) is 6.04 Å². The molecular formula is C11H23NO. The first-order valence-corrected chi connectivity index (χ1v) is 5.64. The molecular weight excluding hydrogens is 162 g/mol. The lowest BCUT2D eigenvalue weighted by Crippen LogP contribution is -2.41. The topological polar surface area (TPSA) is 46.2 Å². The molecule has 1 fully saturated rings. The molecule has 78 valence electrons. The van der Waals surface area contributed by atoms with Crippen LogP contribution in [0.4, 0.5) is 0 Å². The van der Waals surface area contributed by atoms with Crippen LogP contribution in [0.5, 0.6) is 0 Å². The van der Waals surface area contributed by atoms with Gasteiger partial charge >= 0.3 is 0 Å². The molecule has 0 spiro atoms. The van der Waals surface area contributed by atoms with Crippen LogP contribution in [0.1, 0.15) is 58.3 Å². The number of nitrogens with two attached hydrogens (primary N) is 1. The van der Waals surface area contributed by atoms with E-state index in [0.717, 1.165) is 38.5 Å². The first-order chi connectivity index (χ1) is 6.16. The maximum atomic E-state index is 10.2. The van der Waals surface area contributed by atoms with E-state index in [-0.39, 0.29) is 6.04 Å². The summed E-state index contributed by atoms with van der Waals surface area (Å²) in [5.74, 6) is 0. The SMILES string of the molecule is CCCCCC1(O)CCCC(N)C1. The van der Waals surface area contributed by atoms with E-state index in [0.29, 0.717) is 0 Å². The summed E-state index contributed by atoms with van der Waals surface area (Å²) in [6, 6.07) is 0.236. The third-order valence-electron chi connectivity index (χ3n) is 3.10. The van der Waals surface area contributed by atoms with Gasteiger partial charge in [-0.2, -0.15) is 0 Å². The van der Waals surface area contributed by atoms with Crippen LogP contribution in [0.15, 0.2) is 0 Å². The first-order valence-electron chi connectivity index (χ1n) is 5.64. The summed E-state index contributed by atoms with van der Waals surface area (Å²) in [6.45, 7) is 2.19. The van der Waals surface area contributed by atoms with Crippen molar-refractivity contribution in [2.24, 2.45) is 5.73 Å². The zero-order valence-electron chi connectivity index (χ0n) is 8.76. The van der Waals surface area contributed by atoms with Crippen molar-refractivity contribution in [3.63, 3.8) is 0 Å². The molecule has 2 heteroatoms. The molecule has 2 atom stereocenters. The summed E-state index contributed by atoms with van der Waals surface area (Å²) in [4.78, 5) is 0. The van der Waals surface area contributed by atoms with Crippen LogP contribution in [-0.2, 0) is 0 Å². The highest BCUT2D eigenvalue weighted by molar-refractivity contribution is 4.87. The van der Waals surface area contributed by atoms with E-state index in [1.54, 1.807) is 0 Å². The molecule has 0 saturated heterocycles. The van der Waals surface area contributed by atoms with E-state index >= 15 is 0 Å². The van der Waals surface area contributed by atoms with E-state index in [1.165, 1.54) is 12.8 Å². The molecule has 0 amide bonds. The molecule has 1 aliphatic rings. The highest BCUT2D eigenvalue weighted by Crippen LogP contribution is 2.31. The van der Waals surface area contributed by atoms with Gasteiger partial charge in [0.1, 0.15) is 0 Å². The predicted molar refractivity (Wildman–Crippen MR) is 55.5 cm³/mol.